The van der Waals surface area contributed by atoms with Crippen molar-refractivity contribution in [2.75, 3.05) is 54.6 Å². The maximum atomic E-state index is 5.44. The number of rotatable bonds is 7. The quantitative estimate of drug-likeness (QED) is 0.383. The summed E-state index contributed by atoms with van der Waals surface area (Å²) in [6.45, 7) is 3.51. The fourth-order valence-electron chi connectivity index (χ4n) is 2.94. The summed E-state index contributed by atoms with van der Waals surface area (Å²) in [7, 11) is 7.20. The van der Waals surface area contributed by atoms with Crippen molar-refractivity contribution in [2.24, 2.45) is 10.9 Å². The molecule has 1 heterocycles. The second-order valence-corrected chi connectivity index (χ2v) is 6.02. The highest BCUT2D eigenvalue weighted by Crippen LogP contribution is 2.27. The smallest absolute Gasteiger partial charge is 0.193 e. The third-order valence-electron chi connectivity index (χ3n) is 4.27. The van der Waals surface area contributed by atoms with Gasteiger partial charge in [0, 0.05) is 39.7 Å². The lowest BCUT2D eigenvalue weighted by atomic mass is 10.1. The molecule has 0 bridgehead atoms. The summed E-state index contributed by atoms with van der Waals surface area (Å²) in [5, 5.41) is 3.42. The first-order chi connectivity index (χ1) is 11.7. The Balaban J connectivity index is 0.00000312. The Morgan fingerprint density at radius 2 is 2.08 bits per heavy atom. The number of ether oxygens (including phenoxy) is 3. The number of halogens is 1. The molecule has 1 saturated heterocycles. The van der Waals surface area contributed by atoms with E-state index < -0.39 is 0 Å². The third-order valence-corrected chi connectivity index (χ3v) is 4.27. The summed E-state index contributed by atoms with van der Waals surface area (Å²) < 4.78 is 16.1. The summed E-state index contributed by atoms with van der Waals surface area (Å²) in [6.07, 6.45) is 2.02. The lowest BCUT2D eigenvalue weighted by molar-refractivity contribution is 0.181. The number of hydrogen-bond donors (Lipinski definition) is 1. The SMILES string of the molecule is CN=C(NCCc1ccc(OC)c(OC)c1)N(C)CC1CCOC1.I. The molecule has 1 atom stereocenters. The third kappa shape index (κ3) is 6.54. The van der Waals surface area contributed by atoms with Gasteiger partial charge in [0.25, 0.3) is 0 Å². The fourth-order valence-corrected chi connectivity index (χ4v) is 2.94. The maximum absolute atomic E-state index is 5.44. The summed E-state index contributed by atoms with van der Waals surface area (Å²) in [5.74, 6) is 3.03. The van der Waals surface area contributed by atoms with E-state index in [1.54, 1.807) is 14.2 Å². The Morgan fingerprint density at radius 3 is 2.68 bits per heavy atom. The summed E-state index contributed by atoms with van der Waals surface area (Å²) in [5.41, 5.74) is 1.20. The van der Waals surface area contributed by atoms with Crippen LogP contribution >= 0.6 is 24.0 Å². The minimum absolute atomic E-state index is 0. The van der Waals surface area contributed by atoms with Crippen LogP contribution in [0, 0.1) is 5.92 Å². The van der Waals surface area contributed by atoms with E-state index in [1.165, 1.54) is 5.56 Å². The average Bonchev–Trinajstić information content (AvgIpc) is 3.11. The number of nitrogens with one attached hydrogen (secondary N) is 1. The molecular weight excluding hydrogens is 433 g/mol. The lowest BCUT2D eigenvalue weighted by Crippen LogP contribution is -2.42. The van der Waals surface area contributed by atoms with E-state index in [2.05, 4.69) is 28.3 Å². The van der Waals surface area contributed by atoms with Crippen molar-refractivity contribution < 1.29 is 14.2 Å². The van der Waals surface area contributed by atoms with Crippen molar-refractivity contribution in [2.45, 2.75) is 12.8 Å². The highest BCUT2D eigenvalue weighted by molar-refractivity contribution is 14.0. The molecule has 142 valence electrons. The summed E-state index contributed by atoms with van der Waals surface area (Å²) >= 11 is 0. The molecule has 1 aliphatic rings. The molecular formula is C18H30IN3O3. The molecule has 0 aliphatic carbocycles. The molecule has 1 fully saturated rings. The molecule has 0 amide bonds. The molecule has 0 spiro atoms. The van der Waals surface area contributed by atoms with Crippen LogP contribution in [0.1, 0.15) is 12.0 Å². The van der Waals surface area contributed by atoms with E-state index in [0.717, 1.165) is 56.6 Å². The van der Waals surface area contributed by atoms with Gasteiger partial charge in [-0.25, -0.2) is 0 Å². The highest BCUT2D eigenvalue weighted by Gasteiger charge is 2.18. The Morgan fingerprint density at radius 1 is 1.32 bits per heavy atom. The number of hydrogen-bond acceptors (Lipinski definition) is 4. The fraction of sp³-hybridized carbons (Fsp3) is 0.611. The summed E-state index contributed by atoms with van der Waals surface area (Å²) in [6, 6.07) is 6.02. The zero-order valence-electron chi connectivity index (χ0n) is 15.6. The second kappa shape index (κ2) is 11.4. The highest BCUT2D eigenvalue weighted by atomic mass is 127. The van der Waals surface area contributed by atoms with Crippen molar-refractivity contribution in [1.29, 1.82) is 0 Å². The van der Waals surface area contributed by atoms with Gasteiger partial charge in [-0.2, -0.15) is 0 Å². The van der Waals surface area contributed by atoms with E-state index in [0.29, 0.717) is 5.92 Å². The number of nitrogens with zero attached hydrogens (tertiary/aromatic N) is 2. The van der Waals surface area contributed by atoms with E-state index in [1.807, 2.05) is 19.2 Å². The van der Waals surface area contributed by atoms with Gasteiger partial charge in [-0.1, -0.05) is 6.07 Å². The van der Waals surface area contributed by atoms with Crippen LogP contribution in [-0.2, 0) is 11.2 Å². The molecule has 1 N–H and O–H groups in total. The molecule has 0 aromatic heterocycles. The molecule has 7 heteroatoms. The Bertz CT molecular complexity index is 548. The van der Waals surface area contributed by atoms with Crippen molar-refractivity contribution in [3.63, 3.8) is 0 Å². The van der Waals surface area contributed by atoms with Gasteiger partial charge < -0.3 is 24.4 Å². The summed E-state index contributed by atoms with van der Waals surface area (Å²) in [4.78, 5) is 6.54. The minimum Gasteiger partial charge on any atom is -0.493 e. The second-order valence-electron chi connectivity index (χ2n) is 6.02. The minimum atomic E-state index is 0. The molecule has 2 rings (SSSR count). The zero-order valence-corrected chi connectivity index (χ0v) is 17.9. The van der Waals surface area contributed by atoms with Crippen LogP contribution in [0.25, 0.3) is 0 Å². The zero-order chi connectivity index (χ0) is 17.4. The van der Waals surface area contributed by atoms with Gasteiger partial charge >= 0.3 is 0 Å². The van der Waals surface area contributed by atoms with Gasteiger partial charge in [-0.15, -0.1) is 24.0 Å². The number of aliphatic imine (C=N–C) groups is 1. The molecule has 1 aliphatic heterocycles. The number of methoxy groups -OCH3 is 2. The van der Waals surface area contributed by atoms with E-state index >= 15 is 0 Å². The first-order valence-electron chi connectivity index (χ1n) is 8.38. The van der Waals surface area contributed by atoms with Gasteiger partial charge in [0.2, 0.25) is 0 Å². The van der Waals surface area contributed by atoms with Crippen LogP contribution in [0.3, 0.4) is 0 Å². The van der Waals surface area contributed by atoms with E-state index in [-0.39, 0.29) is 24.0 Å². The molecule has 0 radical (unpaired) electrons. The largest absolute Gasteiger partial charge is 0.493 e. The average molecular weight is 463 g/mol. The number of guanidine groups is 1. The number of benzene rings is 1. The molecule has 1 aromatic rings. The van der Waals surface area contributed by atoms with Gasteiger partial charge in [-0.05, 0) is 30.5 Å². The van der Waals surface area contributed by atoms with Crippen molar-refractivity contribution in [3.8, 4) is 11.5 Å². The standard InChI is InChI=1S/C18H29N3O3.HI/c1-19-18(21(2)12-15-8-10-24-13-15)20-9-7-14-5-6-16(22-3)17(11-14)23-4;/h5-6,11,15H,7-10,12-13H2,1-4H3,(H,19,20);1H. The van der Waals surface area contributed by atoms with Crippen molar-refractivity contribution in [1.82, 2.24) is 10.2 Å². The van der Waals surface area contributed by atoms with E-state index in [9.17, 15) is 0 Å². The van der Waals surface area contributed by atoms with Crippen LogP contribution in [0.15, 0.2) is 23.2 Å². The van der Waals surface area contributed by atoms with Gasteiger partial charge in [0.05, 0.1) is 20.8 Å². The molecule has 25 heavy (non-hydrogen) atoms. The van der Waals surface area contributed by atoms with E-state index in [4.69, 9.17) is 14.2 Å². The monoisotopic (exact) mass is 463 g/mol. The Hall–Kier alpha value is -1.22. The van der Waals surface area contributed by atoms with Crippen LogP contribution in [0.4, 0.5) is 0 Å². The van der Waals surface area contributed by atoms with Gasteiger partial charge in [0.1, 0.15) is 0 Å². The van der Waals surface area contributed by atoms with Crippen LogP contribution in [0.2, 0.25) is 0 Å². The van der Waals surface area contributed by atoms with Crippen LogP contribution < -0.4 is 14.8 Å². The Labute approximate surface area is 167 Å². The van der Waals surface area contributed by atoms with Crippen LogP contribution in [-0.4, -0.2) is 65.5 Å². The normalized spacial score (nSPS) is 17.0. The van der Waals surface area contributed by atoms with Crippen LogP contribution in [0.5, 0.6) is 11.5 Å². The first kappa shape index (κ1) is 21.8. The van der Waals surface area contributed by atoms with Gasteiger partial charge in [-0.3, -0.25) is 4.99 Å². The van der Waals surface area contributed by atoms with Crippen molar-refractivity contribution in [3.05, 3.63) is 23.8 Å². The molecule has 6 nitrogen and oxygen atoms in total. The predicted molar refractivity (Wildman–Crippen MR) is 112 cm³/mol. The lowest BCUT2D eigenvalue weighted by Gasteiger charge is -2.24. The molecule has 0 saturated carbocycles. The van der Waals surface area contributed by atoms with Gasteiger partial charge in [0.15, 0.2) is 17.5 Å². The predicted octanol–water partition coefficient (Wildman–Crippen LogP) is 2.41. The maximum Gasteiger partial charge on any atom is 0.193 e. The first-order valence-corrected chi connectivity index (χ1v) is 8.38. The van der Waals surface area contributed by atoms with Crippen molar-refractivity contribution >= 4 is 29.9 Å². The topological polar surface area (TPSA) is 55.3 Å². The Kier molecular flexibility index (Phi) is 9.96. The molecule has 1 unspecified atom stereocenters. The molecule has 1 aromatic carbocycles.